The lowest BCUT2D eigenvalue weighted by Crippen LogP contribution is -2.44. The first-order valence-electron chi connectivity index (χ1n) is 12.7. The summed E-state index contributed by atoms with van der Waals surface area (Å²) in [6, 6.07) is 29.7. The monoisotopic (exact) mass is 501 g/mol. The molecule has 0 aliphatic heterocycles. The Hall–Kier alpha value is -4.69. The van der Waals surface area contributed by atoms with Crippen LogP contribution in [0.3, 0.4) is 0 Å². The van der Waals surface area contributed by atoms with Crippen LogP contribution in [0.5, 0.6) is 0 Å². The van der Waals surface area contributed by atoms with Gasteiger partial charge < -0.3 is 5.32 Å². The van der Waals surface area contributed by atoms with E-state index in [-0.39, 0.29) is 17.9 Å². The average molecular weight is 502 g/mol. The highest BCUT2D eigenvalue weighted by molar-refractivity contribution is 6.10. The maximum Gasteiger partial charge on any atom is 0.303 e. The highest BCUT2D eigenvalue weighted by atomic mass is 16.2. The van der Waals surface area contributed by atoms with Gasteiger partial charge in [-0.1, -0.05) is 98.6 Å². The Kier molecular flexibility index (Phi) is 8.69. The van der Waals surface area contributed by atoms with Gasteiger partial charge in [0.05, 0.1) is 6.04 Å². The van der Waals surface area contributed by atoms with E-state index in [1.165, 1.54) is 4.90 Å². The van der Waals surface area contributed by atoms with E-state index >= 15 is 0 Å². The zero-order chi connectivity index (χ0) is 26.9. The second-order valence-electron chi connectivity index (χ2n) is 9.34. The van der Waals surface area contributed by atoms with Crippen LogP contribution in [-0.4, -0.2) is 16.8 Å². The number of hydrogen-bond donors (Lipinski definition) is 1. The van der Waals surface area contributed by atoms with Crippen LogP contribution in [-0.2, 0) is 9.59 Å². The first-order chi connectivity index (χ1) is 18.4. The number of rotatable bonds is 7. The molecule has 4 rings (SSSR count). The van der Waals surface area contributed by atoms with E-state index in [1.54, 1.807) is 24.5 Å². The van der Waals surface area contributed by atoms with Crippen LogP contribution in [0, 0.1) is 17.8 Å². The number of aromatic nitrogens is 1. The van der Waals surface area contributed by atoms with Gasteiger partial charge in [-0.15, -0.1) is 0 Å². The Labute approximate surface area is 224 Å². The van der Waals surface area contributed by atoms with Crippen LogP contribution in [0.4, 0.5) is 5.69 Å². The highest BCUT2D eigenvalue weighted by Crippen LogP contribution is 2.31. The largest absolute Gasteiger partial charge is 0.347 e. The number of amides is 2. The molecular formula is C33H31N3O2. The standard InChI is InChI=1S/C33H31N3O2/c1-24(2)16-21-31(37)36(30-19-17-28(18-20-30)27-13-8-5-9-14-27)32(29-15-10-22-34-23-29)33(38)35-25(3)26-11-6-4-7-12-26/h4-15,17-20,22-25,32H,1-3H3,(H,35,38)/t25-,32?/m0/s1. The molecule has 3 aromatic carbocycles. The molecule has 5 heteroatoms. The van der Waals surface area contributed by atoms with Crippen LogP contribution in [0.2, 0.25) is 0 Å². The number of nitrogens with one attached hydrogen (secondary N) is 1. The summed E-state index contributed by atoms with van der Waals surface area (Å²) >= 11 is 0. The molecule has 5 nitrogen and oxygen atoms in total. The molecule has 0 bridgehead atoms. The topological polar surface area (TPSA) is 62.3 Å². The number of carbonyl (C=O) groups is 2. The fraction of sp³-hybridized carbons (Fsp3) is 0.182. The van der Waals surface area contributed by atoms with E-state index in [1.807, 2.05) is 106 Å². The SMILES string of the molecule is CC(C)C#CC(=O)N(c1ccc(-c2ccccc2)cc1)C(C(=O)N[C@@H](C)c1ccccc1)c1cccnc1. The van der Waals surface area contributed by atoms with Crippen molar-refractivity contribution in [2.24, 2.45) is 5.92 Å². The van der Waals surface area contributed by atoms with Gasteiger partial charge >= 0.3 is 5.91 Å². The van der Waals surface area contributed by atoms with Gasteiger partial charge in [0.2, 0.25) is 5.91 Å². The van der Waals surface area contributed by atoms with Crippen LogP contribution in [0.25, 0.3) is 11.1 Å². The summed E-state index contributed by atoms with van der Waals surface area (Å²) in [5.74, 6) is 4.94. The molecule has 2 amide bonds. The Morgan fingerprint density at radius 2 is 1.37 bits per heavy atom. The summed E-state index contributed by atoms with van der Waals surface area (Å²) in [7, 11) is 0. The number of nitrogens with zero attached hydrogens (tertiary/aromatic N) is 2. The van der Waals surface area contributed by atoms with Gasteiger partial charge in [-0.2, -0.15) is 0 Å². The van der Waals surface area contributed by atoms with E-state index in [0.717, 1.165) is 16.7 Å². The molecule has 0 spiro atoms. The Morgan fingerprint density at radius 3 is 1.97 bits per heavy atom. The predicted molar refractivity (Wildman–Crippen MR) is 152 cm³/mol. The van der Waals surface area contributed by atoms with E-state index < -0.39 is 11.9 Å². The molecule has 2 atom stereocenters. The van der Waals surface area contributed by atoms with Crippen LogP contribution in [0.1, 0.15) is 44.0 Å². The lowest BCUT2D eigenvalue weighted by molar-refractivity contribution is -0.125. The van der Waals surface area contributed by atoms with Gasteiger partial charge in [-0.25, -0.2) is 0 Å². The fourth-order valence-electron chi connectivity index (χ4n) is 4.17. The molecule has 4 aromatic rings. The predicted octanol–water partition coefficient (Wildman–Crippen LogP) is 6.36. The third kappa shape index (κ3) is 6.54. The normalized spacial score (nSPS) is 12.1. The zero-order valence-corrected chi connectivity index (χ0v) is 21.8. The average Bonchev–Trinajstić information content (AvgIpc) is 2.96. The molecule has 1 unspecified atom stereocenters. The van der Waals surface area contributed by atoms with E-state index in [2.05, 4.69) is 22.1 Å². The number of hydrogen-bond acceptors (Lipinski definition) is 3. The van der Waals surface area contributed by atoms with Crippen LogP contribution in [0.15, 0.2) is 109 Å². The molecule has 190 valence electrons. The number of pyridine rings is 1. The molecule has 1 heterocycles. The maximum atomic E-state index is 13.9. The number of anilines is 1. The third-order valence-corrected chi connectivity index (χ3v) is 6.10. The molecule has 1 N–H and O–H groups in total. The van der Waals surface area contributed by atoms with Crippen LogP contribution < -0.4 is 10.2 Å². The summed E-state index contributed by atoms with van der Waals surface area (Å²) in [5.41, 5.74) is 4.21. The van der Waals surface area contributed by atoms with Crippen molar-refractivity contribution in [2.45, 2.75) is 32.9 Å². The molecule has 0 saturated heterocycles. The lowest BCUT2D eigenvalue weighted by atomic mass is 10.0. The smallest absolute Gasteiger partial charge is 0.303 e. The maximum absolute atomic E-state index is 13.9. The Balaban J connectivity index is 1.76. The van der Waals surface area contributed by atoms with Crippen molar-refractivity contribution in [3.05, 3.63) is 121 Å². The second-order valence-corrected chi connectivity index (χ2v) is 9.34. The Morgan fingerprint density at radius 1 is 0.763 bits per heavy atom. The summed E-state index contributed by atoms with van der Waals surface area (Å²) in [6.45, 7) is 5.77. The summed E-state index contributed by atoms with van der Waals surface area (Å²) in [5, 5.41) is 3.09. The lowest BCUT2D eigenvalue weighted by Gasteiger charge is -2.31. The first kappa shape index (κ1) is 26.4. The van der Waals surface area contributed by atoms with Gasteiger partial charge in [0.1, 0.15) is 6.04 Å². The molecule has 0 fully saturated rings. The van der Waals surface area contributed by atoms with Gasteiger partial charge in [-0.05, 0) is 47.7 Å². The highest BCUT2D eigenvalue weighted by Gasteiger charge is 2.33. The van der Waals surface area contributed by atoms with Crippen molar-refractivity contribution in [1.82, 2.24) is 10.3 Å². The third-order valence-electron chi connectivity index (χ3n) is 6.10. The minimum Gasteiger partial charge on any atom is -0.347 e. The van der Waals surface area contributed by atoms with Crippen molar-refractivity contribution < 1.29 is 9.59 Å². The molecule has 0 aliphatic rings. The second kappa shape index (κ2) is 12.5. The Bertz CT molecular complexity index is 1410. The molecular weight excluding hydrogens is 470 g/mol. The first-order valence-corrected chi connectivity index (χ1v) is 12.7. The van der Waals surface area contributed by atoms with Crippen molar-refractivity contribution in [3.8, 4) is 23.0 Å². The van der Waals surface area contributed by atoms with Gasteiger partial charge in [0.25, 0.3) is 0 Å². The molecule has 0 aliphatic carbocycles. The minimum atomic E-state index is -0.966. The van der Waals surface area contributed by atoms with Gasteiger partial charge in [0, 0.05) is 29.6 Å². The van der Waals surface area contributed by atoms with Gasteiger partial charge in [-0.3, -0.25) is 19.5 Å². The summed E-state index contributed by atoms with van der Waals surface area (Å²) < 4.78 is 0. The van der Waals surface area contributed by atoms with Crippen molar-refractivity contribution >= 4 is 17.5 Å². The minimum absolute atomic E-state index is 0.00466. The quantitative estimate of drug-likeness (QED) is 0.300. The van der Waals surface area contributed by atoms with Crippen molar-refractivity contribution in [2.75, 3.05) is 4.90 Å². The van der Waals surface area contributed by atoms with Crippen LogP contribution >= 0.6 is 0 Å². The van der Waals surface area contributed by atoms with Gasteiger partial charge in [0.15, 0.2) is 0 Å². The summed E-state index contributed by atoms with van der Waals surface area (Å²) in [6.07, 6.45) is 3.26. The fourth-order valence-corrected chi connectivity index (χ4v) is 4.17. The number of benzene rings is 3. The summed E-state index contributed by atoms with van der Waals surface area (Å²) in [4.78, 5) is 33.2. The molecule has 38 heavy (non-hydrogen) atoms. The zero-order valence-electron chi connectivity index (χ0n) is 21.8. The van der Waals surface area contributed by atoms with E-state index in [0.29, 0.717) is 11.3 Å². The molecule has 0 radical (unpaired) electrons. The van der Waals surface area contributed by atoms with Crippen molar-refractivity contribution in [3.63, 3.8) is 0 Å². The van der Waals surface area contributed by atoms with E-state index in [4.69, 9.17) is 0 Å². The van der Waals surface area contributed by atoms with Crippen molar-refractivity contribution in [1.29, 1.82) is 0 Å². The van der Waals surface area contributed by atoms with E-state index in [9.17, 15) is 9.59 Å². The molecule has 1 aromatic heterocycles. The molecule has 0 saturated carbocycles. The number of carbonyl (C=O) groups excluding carboxylic acids is 2.